The molecule has 3 aromatic rings. The van der Waals surface area contributed by atoms with Gasteiger partial charge in [0.1, 0.15) is 5.75 Å². The van der Waals surface area contributed by atoms with Crippen LogP contribution in [0.1, 0.15) is 5.56 Å². The first-order valence-electron chi connectivity index (χ1n) is 5.76. The topological polar surface area (TPSA) is 9.23 Å². The van der Waals surface area contributed by atoms with Crippen LogP contribution >= 0.6 is 0 Å². The fourth-order valence-corrected chi connectivity index (χ4v) is 2.46. The minimum Gasteiger partial charge on any atom is -0.495 e. The van der Waals surface area contributed by atoms with Gasteiger partial charge in [-0.15, -0.1) is 0 Å². The van der Waals surface area contributed by atoms with E-state index >= 15 is 0 Å². The first-order valence-corrected chi connectivity index (χ1v) is 5.76. The van der Waals surface area contributed by atoms with Crippen LogP contribution in [0.4, 0.5) is 0 Å². The Morgan fingerprint density at radius 1 is 0.882 bits per heavy atom. The molecule has 3 rings (SSSR count). The number of hydrogen-bond donors (Lipinski definition) is 0. The highest BCUT2D eigenvalue weighted by Gasteiger charge is 2.09. The number of rotatable bonds is 1. The van der Waals surface area contributed by atoms with Crippen LogP contribution in [0.3, 0.4) is 0 Å². The van der Waals surface area contributed by atoms with Crippen molar-refractivity contribution in [1.29, 1.82) is 0 Å². The van der Waals surface area contributed by atoms with Crippen LogP contribution in [-0.2, 0) is 0 Å². The van der Waals surface area contributed by atoms with Gasteiger partial charge >= 0.3 is 0 Å². The van der Waals surface area contributed by atoms with E-state index < -0.39 is 0 Å². The number of benzene rings is 3. The van der Waals surface area contributed by atoms with Gasteiger partial charge in [-0.1, -0.05) is 42.5 Å². The SMILES string of the molecule is COc1c2ccccc2cc2cccc(C)c12. The molecule has 0 atom stereocenters. The summed E-state index contributed by atoms with van der Waals surface area (Å²) in [6.45, 7) is 2.12. The quantitative estimate of drug-likeness (QED) is 0.557. The molecular weight excluding hydrogens is 208 g/mol. The number of methoxy groups -OCH3 is 1. The van der Waals surface area contributed by atoms with Crippen molar-refractivity contribution in [1.82, 2.24) is 0 Å². The normalized spacial score (nSPS) is 10.9. The van der Waals surface area contributed by atoms with Crippen molar-refractivity contribution in [3.8, 4) is 5.75 Å². The average Bonchev–Trinajstić information content (AvgIpc) is 2.36. The molecule has 0 radical (unpaired) electrons. The second-order valence-corrected chi connectivity index (χ2v) is 4.30. The molecule has 0 saturated heterocycles. The van der Waals surface area contributed by atoms with E-state index in [1.54, 1.807) is 7.11 Å². The van der Waals surface area contributed by atoms with Crippen LogP contribution in [0.2, 0.25) is 0 Å². The molecule has 0 spiro atoms. The van der Waals surface area contributed by atoms with E-state index in [0.29, 0.717) is 0 Å². The first-order chi connectivity index (χ1) is 8.31. The van der Waals surface area contributed by atoms with E-state index in [4.69, 9.17) is 4.74 Å². The van der Waals surface area contributed by atoms with Gasteiger partial charge in [-0.05, 0) is 29.3 Å². The molecule has 1 heteroatoms. The summed E-state index contributed by atoms with van der Waals surface area (Å²) in [5.41, 5.74) is 1.25. The maximum atomic E-state index is 5.62. The lowest BCUT2D eigenvalue weighted by atomic mass is 9.99. The molecule has 0 aliphatic heterocycles. The second kappa shape index (κ2) is 3.77. The van der Waals surface area contributed by atoms with Crippen LogP contribution in [-0.4, -0.2) is 7.11 Å². The number of hydrogen-bond acceptors (Lipinski definition) is 1. The van der Waals surface area contributed by atoms with E-state index in [9.17, 15) is 0 Å². The third kappa shape index (κ3) is 1.47. The van der Waals surface area contributed by atoms with Crippen LogP contribution in [0, 0.1) is 6.92 Å². The molecule has 0 amide bonds. The lowest BCUT2D eigenvalue weighted by Gasteiger charge is -2.11. The summed E-state index contributed by atoms with van der Waals surface area (Å²) < 4.78 is 5.62. The summed E-state index contributed by atoms with van der Waals surface area (Å²) in [7, 11) is 1.74. The molecular formula is C16H14O. The predicted molar refractivity (Wildman–Crippen MR) is 72.7 cm³/mol. The van der Waals surface area contributed by atoms with Crippen LogP contribution in [0.15, 0.2) is 48.5 Å². The van der Waals surface area contributed by atoms with Crippen molar-refractivity contribution < 1.29 is 4.74 Å². The molecule has 0 N–H and O–H groups in total. The first kappa shape index (κ1) is 10.2. The van der Waals surface area contributed by atoms with Crippen LogP contribution in [0.25, 0.3) is 21.5 Å². The molecule has 3 aromatic carbocycles. The summed E-state index contributed by atoms with van der Waals surface area (Å²) in [6, 6.07) is 16.9. The maximum absolute atomic E-state index is 5.62. The maximum Gasteiger partial charge on any atom is 0.134 e. The standard InChI is InChI=1S/C16H14O/c1-11-6-5-8-13-10-12-7-3-4-9-14(12)16(17-2)15(11)13/h3-10H,1-2H3. The zero-order chi connectivity index (χ0) is 11.8. The van der Waals surface area contributed by atoms with Gasteiger partial charge in [0.15, 0.2) is 0 Å². The van der Waals surface area contributed by atoms with Crippen molar-refractivity contribution in [2.45, 2.75) is 6.92 Å². The molecule has 17 heavy (non-hydrogen) atoms. The summed E-state index contributed by atoms with van der Waals surface area (Å²) in [4.78, 5) is 0. The van der Waals surface area contributed by atoms with Crippen molar-refractivity contribution in [3.05, 3.63) is 54.1 Å². The van der Waals surface area contributed by atoms with Crippen molar-refractivity contribution in [2.24, 2.45) is 0 Å². The molecule has 0 bridgehead atoms. The smallest absolute Gasteiger partial charge is 0.134 e. The molecule has 0 unspecified atom stereocenters. The van der Waals surface area contributed by atoms with E-state index in [1.807, 2.05) is 0 Å². The van der Waals surface area contributed by atoms with Gasteiger partial charge in [-0.2, -0.15) is 0 Å². The lowest BCUT2D eigenvalue weighted by Crippen LogP contribution is -1.89. The third-order valence-electron chi connectivity index (χ3n) is 3.25. The monoisotopic (exact) mass is 222 g/mol. The number of aryl methyl sites for hydroxylation is 1. The fourth-order valence-electron chi connectivity index (χ4n) is 2.46. The summed E-state index contributed by atoms with van der Waals surface area (Å²) in [5.74, 6) is 0.983. The van der Waals surface area contributed by atoms with Crippen molar-refractivity contribution >= 4 is 21.5 Å². The summed E-state index contributed by atoms with van der Waals surface area (Å²) >= 11 is 0. The van der Waals surface area contributed by atoms with Gasteiger partial charge in [-0.3, -0.25) is 0 Å². The molecule has 1 nitrogen and oxygen atoms in total. The minimum atomic E-state index is 0.983. The van der Waals surface area contributed by atoms with Crippen molar-refractivity contribution in [3.63, 3.8) is 0 Å². The highest BCUT2D eigenvalue weighted by Crippen LogP contribution is 2.36. The molecule has 0 saturated carbocycles. The van der Waals surface area contributed by atoms with E-state index in [-0.39, 0.29) is 0 Å². The van der Waals surface area contributed by atoms with Gasteiger partial charge in [-0.25, -0.2) is 0 Å². The number of fused-ring (bicyclic) bond motifs is 2. The highest BCUT2D eigenvalue weighted by molar-refractivity contribution is 6.06. The third-order valence-corrected chi connectivity index (χ3v) is 3.25. The summed E-state index contributed by atoms with van der Waals surface area (Å²) in [6.07, 6.45) is 0. The Kier molecular flexibility index (Phi) is 2.25. The lowest BCUT2D eigenvalue weighted by molar-refractivity contribution is 0.424. The summed E-state index contributed by atoms with van der Waals surface area (Å²) in [5, 5.41) is 4.86. The van der Waals surface area contributed by atoms with Gasteiger partial charge in [0.2, 0.25) is 0 Å². The molecule has 0 heterocycles. The highest BCUT2D eigenvalue weighted by atomic mass is 16.5. The Balaban J connectivity index is 2.59. The van der Waals surface area contributed by atoms with Gasteiger partial charge < -0.3 is 4.74 Å². The van der Waals surface area contributed by atoms with Gasteiger partial charge in [0, 0.05) is 10.8 Å². The van der Waals surface area contributed by atoms with Crippen LogP contribution in [0.5, 0.6) is 5.75 Å². The predicted octanol–water partition coefficient (Wildman–Crippen LogP) is 4.31. The van der Waals surface area contributed by atoms with E-state index in [2.05, 4.69) is 55.5 Å². The van der Waals surface area contributed by atoms with Gasteiger partial charge in [0.25, 0.3) is 0 Å². The molecule has 0 aliphatic rings. The fraction of sp³-hybridized carbons (Fsp3) is 0.125. The molecule has 0 fully saturated rings. The largest absolute Gasteiger partial charge is 0.495 e. The van der Waals surface area contributed by atoms with Crippen LogP contribution < -0.4 is 4.74 Å². The Labute approximate surface area is 101 Å². The second-order valence-electron chi connectivity index (χ2n) is 4.30. The van der Waals surface area contributed by atoms with E-state index in [1.165, 1.54) is 27.1 Å². The Bertz CT molecular complexity index is 698. The van der Waals surface area contributed by atoms with Crippen molar-refractivity contribution in [2.75, 3.05) is 7.11 Å². The molecule has 84 valence electrons. The Morgan fingerprint density at radius 2 is 1.65 bits per heavy atom. The minimum absolute atomic E-state index is 0.983. The zero-order valence-electron chi connectivity index (χ0n) is 10.0. The number of ether oxygens (including phenoxy) is 1. The average molecular weight is 222 g/mol. The Hall–Kier alpha value is -2.02. The van der Waals surface area contributed by atoms with E-state index in [0.717, 1.165) is 5.75 Å². The molecule has 0 aliphatic carbocycles. The zero-order valence-corrected chi connectivity index (χ0v) is 10.0. The Morgan fingerprint density at radius 3 is 2.47 bits per heavy atom. The van der Waals surface area contributed by atoms with Gasteiger partial charge in [0.05, 0.1) is 7.11 Å². The molecule has 0 aromatic heterocycles.